The Labute approximate surface area is 175 Å². The number of nitrogens with one attached hydrogen (secondary N) is 1. The molecule has 8 heteroatoms. The van der Waals surface area contributed by atoms with E-state index >= 15 is 0 Å². The fourth-order valence-corrected chi connectivity index (χ4v) is 4.06. The van der Waals surface area contributed by atoms with Crippen LogP contribution in [-0.2, 0) is 0 Å². The van der Waals surface area contributed by atoms with E-state index in [0.717, 1.165) is 25.9 Å². The van der Waals surface area contributed by atoms with E-state index < -0.39 is 0 Å². The molecule has 1 N–H and O–H groups in total. The smallest absolute Gasteiger partial charge is 0.321 e. The third-order valence-corrected chi connectivity index (χ3v) is 5.96. The molecule has 1 aromatic carbocycles. The lowest BCUT2D eigenvalue weighted by atomic mass is 9.97. The number of likely N-dealkylation sites (tertiary alicyclic amines) is 2. The summed E-state index contributed by atoms with van der Waals surface area (Å²) in [7, 11) is 0. The van der Waals surface area contributed by atoms with Crippen LogP contribution in [0.4, 0.5) is 14.9 Å². The van der Waals surface area contributed by atoms with Crippen molar-refractivity contribution < 1.29 is 18.4 Å². The number of hydrogen-bond donors (Lipinski definition) is 1. The van der Waals surface area contributed by atoms with Crippen molar-refractivity contribution in [3.8, 4) is 0 Å². The first kappa shape index (κ1) is 20.4. The highest BCUT2D eigenvalue weighted by Gasteiger charge is 2.30. The Bertz CT molecular complexity index is 944. The molecule has 2 saturated heterocycles. The van der Waals surface area contributed by atoms with E-state index in [1.165, 1.54) is 6.07 Å². The number of hydrogen-bond acceptors (Lipinski definition) is 4. The fraction of sp³-hybridized carbons (Fsp3) is 0.500. The molecule has 3 amide bonds. The molecule has 2 aliphatic rings. The maximum absolute atomic E-state index is 13.7. The molecule has 3 heterocycles. The van der Waals surface area contributed by atoms with Gasteiger partial charge in [0.05, 0.1) is 0 Å². The largest absolute Gasteiger partial charge is 0.445 e. The average Bonchev–Trinajstić information content (AvgIpc) is 3.40. The number of anilines is 1. The zero-order valence-electron chi connectivity index (χ0n) is 17.4. The zero-order valence-corrected chi connectivity index (χ0v) is 17.4. The van der Waals surface area contributed by atoms with Gasteiger partial charge in [0.1, 0.15) is 11.6 Å². The van der Waals surface area contributed by atoms with E-state index in [9.17, 15) is 14.0 Å². The van der Waals surface area contributed by atoms with Gasteiger partial charge < -0.3 is 19.5 Å². The molecule has 2 fully saturated rings. The highest BCUT2D eigenvalue weighted by atomic mass is 19.1. The number of oxazole rings is 1. The Morgan fingerprint density at radius 2 is 1.80 bits per heavy atom. The lowest BCUT2D eigenvalue weighted by Gasteiger charge is -2.30. The number of rotatable bonds is 3. The Kier molecular flexibility index (Phi) is 5.74. The summed E-state index contributed by atoms with van der Waals surface area (Å²) < 4.78 is 19.5. The van der Waals surface area contributed by atoms with Crippen molar-refractivity contribution >= 4 is 17.6 Å². The summed E-state index contributed by atoms with van der Waals surface area (Å²) in [4.78, 5) is 33.2. The Morgan fingerprint density at radius 1 is 1.10 bits per heavy atom. The summed E-state index contributed by atoms with van der Waals surface area (Å²) in [6.45, 7) is 6.10. The molecular formula is C22H27FN4O3. The number of nitrogens with zero attached hydrogens (tertiary/aromatic N) is 3. The molecular weight excluding hydrogens is 387 g/mol. The molecule has 30 heavy (non-hydrogen) atoms. The van der Waals surface area contributed by atoms with Crippen molar-refractivity contribution in [2.45, 2.75) is 45.4 Å². The second-order valence-corrected chi connectivity index (χ2v) is 8.11. The third-order valence-electron chi connectivity index (χ3n) is 5.96. The molecule has 2 aliphatic heterocycles. The van der Waals surface area contributed by atoms with Crippen LogP contribution < -0.4 is 5.32 Å². The number of urea groups is 1. The fourth-order valence-electron chi connectivity index (χ4n) is 4.06. The predicted molar refractivity (Wildman–Crippen MR) is 110 cm³/mol. The number of aryl methyl sites for hydroxylation is 2. The van der Waals surface area contributed by atoms with Crippen molar-refractivity contribution in [3.63, 3.8) is 0 Å². The van der Waals surface area contributed by atoms with Gasteiger partial charge in [-0.25, -0.2) is 14.2 Å². The number of carbonyl (C=O) groups is 2. The molecule has 0 atom stereocenters. The van der Waals surface area contributed by atoms with Crippen LogP contribution >= 0.6 is 0 Å². The third kappa shape index (κ3) is 4.17. The summed E-state index contributed by atoms with van der Waals surface area (Å²) in [6.07, 6.45) is 3.47. The van der Waals surface area contributed by atoms with Crippen molar-refractivity contribution in [2.24, 2.45) is 0 Å². The van der Waals surface area contributed by atoms with Crippen molar-refractivity contribution in [3.05, 3.63) is 46.9 Å². The van der Waals surface area contributed by atoms with Crippen LogP contribution in [0.15, 0.2) is 22.6 Å². The van der Waals surface area contributed by atoms with Gasteiger partial charge in [0.25, 0.3) is 5.91 Å². The van der Waals surface area contributed by atoms with Crippen LogP contribution in [0.25, 0.3) is 0 Å². The van der Waals surface area contributed by atoms with Crippen molar-refractivity contribution in [1.29, 1.82) is 0 Å². The van der Waals surface area contributed by atoms with Gasteiger partial charge in [-0.3, -0.25) is 4.79 Å². The number of benzene rings is 1. The first-order valence-electron chi connectivity index (χ1n) is 10.5. The highest BCUT2D eigenvalue weighted by Crippen LogP contribution is 2.30. The first-order valence-corrected chi connectivity index (χ1v) is 10.5. The lowest BCUT2D eigenvalue weighted by molar-refractivity contribution is 0.0786. The van der Waals surface area contributed by atoms with Crippen LogP contribution in [0.2, 0.25) is 0 Å². The molecule has 0 saturated carbocycles. The number of amides is 3. The van der Waals surface area contributed by atoms with Gasteiger partial charge in [-0.15, -0.1) is 0 Å². The maximum atomic E-state index is 13.7. The van der Waals surface area contributed by atoms with Gasteiger partial charge >= 0.3 is 6.03 Å². The van der Waals surface area contributed by atoms with Crippen LogP contribution in [0, 0.1) is 19.7 Å². The quantitative estimate of drug-likeness (QED) is 0.821. The standard InChI is InChI=1S/C22H27FN4O3/c1-14-5-6-17(13-18(14)23)24-22(29)27-11-7-16(8-12-27)20-25-19(15(2)30-20)21(28)26-9-3-4-10-26/h5-6,13,16H,3-4,7-12H2,1-2H3,(H,24,29). The van der Waals surface area contributed by atoms with Crippen molar-refractivity contribution in [1.82, 2.24) is 14.8 Å². The second-order valence-electron chi connectivity index (χ2n) is 8.11. The molecule has 160 valence electrons. The van der Waals surface area contributed by atoms with Crippen LogP contribution in [-0.4, -0.2) is 52.9 Å². The normalized spacial score (nSPS) is 17.4. The highest BCUT2D eigenvalue weighted by molar-refractivity contribution is 5.93. The predicted octanol–water partition coefficient (Wildman–Crippen LogP) is 4.08. The Morgan fingerprint density at radius 3 is 2.47 bits per heavy atom. The number of aromatic nitrogens is 1. The minimum atomic E-state index is -0.343. The zero-order chi connectivity index (χ0) is 21.3. The van der Waals surface area contributed by atoms with Crippen LogP contribution in [0.1, 0.15) is 59.3 Å². The molecule has 0 spiro atoms. The van der Waals surface area contributed by atoms with Gasteiger partial charge in [-0.05, 0) is 57.2 Å². The van der Waals surface area contributed by atoms with E-state index in [4.69, 9.17) is 4.42 Å². The summed E-state index contributed by atoms with van der Waals surface area (Å²) in [5, 5.41) is 2.75. The lowest BCUT2D eigenvalue weighted by Crippen LogP contribution is -2.40. The van der Waals surface area contributed by atoms with Crippen molar-refractivity contribution in [2.75, 3.05) is 31.5 Å². The van der Waals surface area contributed by atoms with E-state index in [2.05, 4.69) is 10.3 Å². The number of carbonyl (C=O) groups excluding carboxylic acids is 2. The van der Waals surface area contributed by atoms with E-state index in [1.54, 1.807) is 30.9 Å². The summed E-state index contributed by atoms with van der Waals surface area (Å²) in [5.41, 5.74) is 1.39. The average molecular weight is 414 g/mol. The van der Waals surface area contributed by atoms with Crippen LogP contribution in [0.5, 0.6) is 0 Å². The van der Waals surface area contributed by atoms with Crippen LogP contribution in [0.3, 0.4) is 0 Å². The molecule has 0 aliphatic carbocycles. The summed E-state index contributed by atoms with van der Waals surface area (Å²) >= 11 is 0. The topological polar surface area (TPSA) is 78.7 Å². The first-order chi connectivity index (χ1) is 14.4. The second kappa shape index (κ2) is 8.45. The van der Waals surface area contributed by atoms with Gasteiger partial charge in [0, 0.05) is 37.8 Å². The van der Waals surface area contributed by atoms with Gasteiger partial charge in [-0.2, -0.15) is 0 Å². The molecule has 0 unspecified atom stereocenters. The summed E-state index contributed by atoms with van der Waals surface area (Å²) in [5.74, 6) is 0.816. The Balaban J connectivity index is 1.35. The molecule has 4 rings (SSSR count). The van der Waals surface area contributed by atoms with E-state index in [0.29, 0.717) is 54.5 Å². The SMILES string of the molecule is Cc1ccc(NC(=O)N2CCC(c3nc(C(=O)N4CCCC4)c(C)o3)CC2)cc1F. The molecule has 1 aromatic heterocycles. The van der Waals surface area contributed by atoms with E-state index in [1.807, 2.05) is 4.90 Å². The van der Waals surface area contributed by atoms with E-state index in [-0.39, 0.29) is 23.7 Å². The van der Waals surface area contributed by atoms with Gasteiger partial charge in [0.15, 0.2) is 11.6 Å². The molecule has 0 radical (unpaired) electrons. The van der Waals surface area contributed by atoms with Gasteiger partial charge in [0.2, 0.25) is 0 Å². The number of piperidine rings is 1. The molecule has 0 bridgehead atoms. The summed E-state index contributed by atoms with van der Waals surface area (Å²) in [6, 6.07) is 4.42. The maximum Gasteiger partial charge on any atom is 0.321 e. The number of halogens is 1. The molecule has 2 aromatic rings. The Hall–Kier alpha value is -2.90. The van der Waals surface area contributed by atoms with Gasteiger partial charge in [-0.1, -0.05) is 6.07 Å². The minimum Gasteiger partial charge on any atom is -0.445 e. The monoisotopic (exact) mass is 414 g/mol. The minimum absolute atomic E-state index is 0.0536. The molecule has 7 nitrogen and oxygen atoms in total.